The van der Waals surface area contributed by atoms with E-state index < -0.39 is 18.2 Å². The number of hydrogen-bond acceptors (Lipinski definition) is 10. The Balaban J connectivity index is 0.998. The van der Waals surface area contributed by atoms with Crippen LogP contribution in [0.25, 0.3) is 0 Å². The van der Waals surface area contributed by atoms with Crippen LogP contribution < -0.4 is 37.9 Å². The summed E-state index contributed by atoms with van der Waals surface area (Å²) in [4.78, 5) is 15.4. The molecule has 0 aliphatic carbocycles. The third-order valence-electron chi connectivity index (χ3n) is 14.0. The highest BCUT2D eigenvalue weighted by Crippen LogP contribution is 2.47. The number of carbonyl (C=O) groups excluding carboxylic acids is 1. The summed E-state index contributed by atoms with van der Waals surface area (Å²) in [5, 5.41) is 0. The van der Waals surface area contributed by atoms with Crippen molar-refractivity contribution in [3.05, 3.63) is 310 Å². The lowest BCUT2D eigenvalue weighted by Crippen LogP contribution is -2.35. The largest absolute Gasteiger partial charge is 0.489 e. The molecule has 1 heterocycles. The van der Waals surface area contributed by atoms with Gasteiger partial charge in [0.05, 0.1) is 5.56 Å². The van der Waals surface area contributed by atoms with Crippen molar-refractivity contribution in [3.8, 4) is 46.0 Å². The molecule has 0 saturated carbocycles. The fraction of sp³-hybridized carbons (Fsp3) is 0.153. The number of rotatable bonds is 24. The lowest BCUT2D eigenvalue weighted by Gasteiger charge is -2.35. The van der Waals surface area contributed by atoms with E-state index in [9.17, 15) is 0 Å². The predicted octanol–water partition coefficient (Wildman–Crippen LogP) is 15.9. The van der Waals surface area contributed by atoms with Crippen LogP contribution in [0.2, 0.25) is 0 Å². The van der Waals surface area contributed by atoms with Gasteiger partial charge >= 0.3 is 5.97 Å². The number of benzene rings is 10. The van der Waals surface area contributed by atoms with Crippen LogP contribution in [0.3, 0.4) is 0 Å². The van der Waals surface area contributed by atoms with Gasteiger partial charge in [0.1, 0.15) is 69.6 Å². The zero-order valence-electron chi connectivity index (χ0n) is 45.6. The van der Waals surface area contributed by atoms with Crippen LogP contribution in [0.1, 0.15) is 72.1 Å². The Morgan fingerprint density at radius 2 is 0.744 bits per heavy atom. The van der Waals surface area contributed by atoms with Gasteiger partial charge in [0, 0.05) is 29.7 Å². The van der Waals surface area contributed by atoms with Crippen molar-refractivity contribution in [2.45, 2.75) is 71.8 Å². The molecule has 0 unspecified atom stereocenters. The Labute approximate surface area is 479 Å². The second-order valence-corrected chi connectivity index (χ2v) is 20.0. The zero-order valence-corrected chi connectivity index (χ0v) is 45.6. The molecule has 10 aromatic rings. The number of fused-ring (bicyclic) bond motifs is 1. The SMILES string of the molecule is Cc1cc(OCc2ccccc2)c(OCc2ccccc2)cc1[C@@H]1Oc2cc(OCc3ccccc3)cc(OCc3ccccc3)c2C[C@H]1OC(=O)c1cc(OCc2ccccc2)c(OCc2ccccc2)c(OCc2ccccc2)c1. The first-order valence-electron chi connectivity index (χ1n) is 27.5. The van der Waals surface area contributed by atoms with Gasteiger partial charge in [-0.1, -0.05) is 212 Å². The summed E-state index contributed by atoms with van der Waals surface area (Å²) < 4.78 is 60.3. The van der Waals surface area contributed by atoms with Crippen molar-refractivity contribution in [2.24, 2.45) is 0 Å². The first kappa shape index (κ1) is 54.0. The molecule has 11 rings (SSSR count). The van der Waals surface area contributed by atoms with Crippen molar-refractivity contribution >= 4 is 5.97 Å². The fourth-order valence-electron chi connectivity index (χ4n) is 9.62. The van der Waals surface area contributed by atoms with Gasteiger partial charge in [0.15, 0.2) is 29.1 Å². The minimum atomic E-state index is -0.927. The van der Waals surface area contributed by atoms with Gasteiger partial charge in [-0.05, 0) is 75.7 Å². The van der Waals surface area contributed by atoms with Crippen LogP contribution >= 0.6 is 0 Å². The van der Waals surface area contributed by atoms with Gasteiger partial charge in [-0.2, -0.15) is 0 Å². The lowest BCUT2D eigenvalue weighted by molar-refractivity contribution is -0.0192. The molecule has 0 fully saturated rings. The van der Waals surface area contributed by atoms with Crippen LogP contribution in [0, 0.1) is 6.92 Å². The summed E-state index contributed by atoms with van der Waals surface area (Å²) in [5.74, 6) is 2.98. The second-order valence-electron chi connectivity index (χ2n) is 20.0. The number of aryl methyl sites for hydroxylation is 1. The Kier molecular flexibility index (Phi) is 17.7. The Morgan fingerprint density at radius 3 is 1.16 bits per heavy atom. The average Bonchev–Trinajstić information content (AvgIpc) is 3.73. The third kappa shape index (κ3) is 14.3. The van der Waals surface area contributed by atoms with Crippen LogP contribution in [-0.2, 0) is 57.4 Å². The molecule has 1 aliphatic rings. The smallest absolute Gasteiger partial charge is 0.338 e. The Bertz CT molecular complexity index is 3580. The third-order valence-corrected chi connectivity index (χ3v) is 14.0. The van der Waals surface area contributed by atoms with Crippen LogP contribution in [0.4, 0.5) is 0 Å². The Morgan fingerprint density at radius 1 is 0.390 bits per heavy atom. The molecule has 10 nitrogen and oxygen atoms in total. The Hall–Kier alpha value is -9.93. The molecule has 2 atom stereocenters. The number of esters is 1. The van der Waals surface area contributed by atoms with Crippen LogP contribution in [0.5, 0.6) is 46.0 Å². The molecule has 10 aromatic carbocycles. The standard InChI is InChI=1S/C72H62O10/c1-51-37-65(76-46-54-27-13-4-14-28-54)66(77-47-55-29-15-5-16-30-55)42-61(51)70-69(43-62-63(75-45-53-25-11-3-12-26-53)40-60(41-64(62)81-70)74-44-52-23-9-2-10-24-52)82-72(73)59-38-67(78-48-56-31-17-6-18-32-56)71(80-50-58-35-21-8-22-36-58)68(39-59)79-49-57-33-19-7-20-34-57/h2-42,69-70H,43-50H2,1H3/t69-,70+/m1/s1. The summed E-state index contributed by atoms with van der Waals surface area (Å²) in [6.07, 6.45) is -1.60. The first-order chi connectivity index (χ1) is 40.4. The summed E-state index contributed by atoms with van der Waals surface area (Å²) in [7, 11) is 0. The van der Waals surface area contributed by atoms with E-state index >= 15 is 4.79 Å². The van der Waals surface area contributed by atoms with Crippen molar-refractivity contribution in [2.75, 3.05) is 0 Å². The van der Waals surface area contributed by atoms with Crippen LogP contribution in [-0.4, -0.2) is 12.1 Å². The highest BCUT2D eigenvalue weighted by molar-refractivity contribution is 5.91. The summed E-state index contributed by atoms with van der Waals surface area (Å²) in [6, 6.07) is 80.4. The van der Waals surface area contributed by atoms with E-state index in [-0.39, 0.29) is 45.0 Å². The second kappa shape index (κ2) is 26.8. The molecule has 82 heavy (non-hydrogen) atoms. The number of ether oxygens (including phenoxy) is 9. The van der Waals surface area contributed by atoms with Gasteiger partial charge in [-0.3, -0.25) is 0 Å². The van der Waals surface area contributed by atoms with Crippen molar-refractivity contribution < 1.29 is 47.4 Å². The molecule has 0 spiro atoms. The zero-order chi connectivity index (χ0) is 55.7. The summed E-state index contributed by atoms with van der Waals surface area (Å²) in [6.45, 7) is 3.77. The maximum Gasteiger partial charge on any atom is 0.338 e. The van der Waals surface area contributed by atoms with Crippen molar-refractivity contribution in [3.63, 3.8) is 0 Å². The van der Waals surface area contributed by atoms with E-state index in [4.69, 9.17) is 42.6 Å². The maximum atomic E-state index is 15.4. The van der Waals surface area contributed by atoms with Gasteiger partial charge in [0.2, 0.25) is 5.75 Å². The van der Waals surface area contributed by atoms with E-state index in [2.05, 4.69) is 0 Å². The van der Waals surface area contributed by atoms with Crippen LogP contribution in [0.15, 0.2) is 249 Å². The normalized spacial score (nSPS) is 13.4. The average molecular weight is 1090 g/mol. The molecule has 0 radical (unpaired) electrons. The molecule has 10 heteroatoms. The van der Waals surface area contributed by atoms with E-state index in [0.29, 0.717) is 64.8 Å². The molecule has 0 bridgehead atoms. The molecule has 0 amide bonds. The lowest BCUT2D eigenvalue weighted by atomic mass is 9.91. The molecule has 1 aliphatic heterocycles. The molecule has 0 N–H and O–H groups in total. The summed E-state index contributed by atoms with van der Waals surface area (Å²) in [5.41, 5.74) is 9.21. The minimum absolute atomic E-state index is 0.182. The van der Waals surface area contributed by atoms with Gasteiger partial charge in [-0.25, -0.2) is 4.79 Å². The van der Waals surface area contributed by atoms with Gasteiger partial charge in [-0.15, -0.1) is 0 Å². The molecule has 410 valence electrons. The number of hydrogen-bond donors (Lipinski definition) is 0. The summed E-state index contributed by atoms with van der Waals surface area (Å²) >= 11 is 0. The molecular formula is C72H62O10. The minimum Gasteiger partial charge on any atom is -0.489 e. The van der Waals surface area contributed by atoms with Gasteiger partial charge in [0.25, 0.3) is 0 Å². The molecule has 0 saturated heterocycles. The molecule has 0 aromatic heterocycles. The maximum absolute atomic E-state index is 15.4. The molecular weight excluding hydrogens is 1020 g/mol. The van der Waals surface area contributed by atoms with E-state index in [1.54, 1.807) is 12.1 Å². The topological polar surface area (TPSA) is 100 Å². The monoisotopic (exact) mass is 1090 g/mol. The van der Waals surface area contributed by atoms with Crippen molar-refractivity contribution in [1.29, 1.82) is 0 Å². The highest BCUT2D eigenvalue weighted by atomic mass is 16.6. The first-order valence-corrected chi connectivity index (χ1v) is 27.5. The van der Waals surface area contributed by atoms with E-state index in [1.807, 2.05) is 244 Å². The number of carbonyl (C=O) groups is 1. The highest BCUT2D eigenvalue weighted by Gasteiger charge is 2.39. The predicted molar refractivity (Wildman–Crippen MR) is 316 cm³/mol. The van der Waals surface area contributed by atoms with E-state index in [1.165, 1.54) is 0 Å². The van der Waals surface area contributed by atoms with E-state index in [0.717, 1.165) is 50.1 Å². The quantitative estimate of drug-likeness (QED) is 0.0544. The van der Waals surface area contributed by atoms with Gasteiger partial charge < -0.3 is 42.6 Å². The fourth-order valence-corrected chi connectivity index (χ4v) is 9.62. The van der Waals surface area contributed by atoms with Crippen molar-refractivity contribution in [1.82, 2.24) is 0 Å².